The molecule has 11 heteroatoms. The molecule has 0 fully saturated rings. The lowest BCUT2D eigenvalue weighted by Crippen LogP contribution is -2.53. The van der Waals surface area contributed by atoms with Gasteiger partial charge in [0.2, 0.25) is 11.8 Å². The lowest BCUT2D eigenvalue weighted by atomic mass is 10.1. The molecule has 1 atom stereocenters. The Morgan fingerprint density at radius 2 is 1.62 bits per heavy atom. The zero-order valence-electron chi connectivity index (χ0n) is 24.5. The third-order valence-electron chi connectivity index (χ3n) is 6.48. The van der Waals surface area contributed by atoms with E-state index in [4.69, 9.17) is 16.3 Å². The van der Waals surface area contributed by atoms with E-state index in [1.807, 2.05) is 34.0 Å². The van der Waals surface area contributed by atoms with Crippen molar-refractivity contribution in [1.29, 1.82) is 0 Å². The molecule has 0 radical (unpaired) electrons. The zero-order chi connectivity index (χ0) is 30.9. The summed E-state index contributed by atoms with van der Waals surface area (Å²) in [6.07, 6.45) is 2.22. The van der Waals surface area contributed by atoms with Crippen LogP contribution in [0.1, 0.15) is 39.7 Å². The smallest absolute Gasteiger partial charge is 0.264 e. The van der Waals surface area contributed by atoms with Crippen LogP contribution in [0.3, 0.4) is 0 Å². The van der Waals surface area contributed by atoms with Crippen molar-refractivity contribution < 1.29 is 22.7 Å². The molecule has 1 N–H and O–H groups in total. The Labute approximate surface area is 258 Å². The van der Waals surface area contributed by atoms with E-state index in [1.165, 1.54) is 28.8 Å². The van der Waals surface area contributed by atoms with Crippen molar-refractivity contribution in [2.45, 2.75) is 62.5 Å². The van der Waals surface area contributed by atoms with E-state index in [0.29, 0.717) is 29.4 Å². The highest BCUT2D eigenvalue weighted by atomic mass is 35.5. The van der Waals surface area contributed by atoms with Gasteiger partial charge in [-0.1, -0.05) is 36.7 Å². The van der Waals surface area contributed by atoms with Crippen LogP contribution in [-0.4, -0.2) is 56.6 Å². The molecule has 0 saturated heterocycles. The molecule has 0 aliphatic carbocycles. The molecule has 0 unspecified atom stereocenters. The molecule has 0 aliphatic heterocycles. The molecule has 0 spiro atoms. The van der Waals surface area contributed by atoms with Crippen LogP contribution in [0.2, 0.25) is 5.02 Å². The Balaban J connectivity index is 2.08. The van der Waals surface area contributed by atoms with Gasteiger partial charge in [0.15, 0.2) is 0 Å². The number of anilines is 1. The molecule has 3 aromatic carbocycles. The van der Waals surface area contributed by atoms with Gasteiger partial charge >= 0.3 is 0 Å². The second-order valence-corrected chi connectivity index (χ2v) is 13.0. The maximum atomic E-state index is 14.1. The van der Waals surface area contributed by atoms with E-state index in [2.05, 4.69) is 5.32 Å². The van der Waals surface area contributed by atoms with Gasteiger partial charge in [0.25, 0.3) is 10.0 Å². The fourth-order valence-electron chi connectivity index (χ4n) is 4.39. The number of ether oxygens (including phenoxy) is 1. The Kier molecular flexibility index (Phi) is 12.1. The number of benzene rings is 3. The summed E-state index contributed by atoms with van der Waals surface area (Å²) in [5.74, 6) is -0.291. The largest absolute Gasteiger partial charge is 0.494 e. The quantitative estimate of drug-likeness (QED) is 0.220. The van der Waals surface area contributed by atoms with E-state index >= 15 is 0 Å². The van der Waals surface area contributed by atoms with Crippen LogP contribution in [0.4, 0.5) is 5.69 Å². The first kappa shape index (κ1) is 33.3. The molecule has 42 heavy (non-hydrogen) atoms. The van der Waals surface area contributed by atoms with Crippen molar-refractivity contribution >= 4 is 50.9 Å². The van der Waals surface area contributed by atoms with Gasteiger partial charge in [-0.05, 0) is 93.6 Å². The van der Waals surface area contributed by atoms with Crippen LogP contribution < -0.4 is 14.4 Å². The summed E-state index contributed by atoms with van der Waals surface area (Å²) in [7, 11) is -4.18. The molecular weight excluding hydrogens is 594 g/mol. The topological polar surface area (TPSA) is 96.0 Å². The summed E-state index contributed by atoms with van der Waals surface area (Å²) < 4.78 is 34.7. The first-order valence-electron chi connectivity index (χ1n) is 13.7. The molecule has 0 bridgehead atoms. The number of sulfonamides is 1. The maximum absolute atomic E-state index is 14.1. The van der Waals surface area contributed by atoms with Gasteiger partial charge < -0.3 is 15.0 Å². The maximum Gasteiger partial charge on any atom is 0.264 e. The average Bonchev–Trinajstić information content (AvgIpc) is 2.97. The van der Waals surface area contributed by atoms with Crippen LogP contribution >= 0.6 is 23.4 Å². The number of halogens is 1. The number of nitrogens with one attached hydrogen (secondary N) is 1. The molecule has 3 rings (SSSR count). The van der Waals surface area contributed by atoms with E-state index in [1.54, 1.807) is 60.7 Å². The second kappa shape index (κ2) is 15.3. The molecule has 0 aromatic heterocycles. The van der Waals surface area contributed by atoms with Gasteiger partial charge in [-0.25, -0.2) is 8.42 Å². The number of rotatable bonds is 14. The summed E-state index contributed by atoms with van der Waals surface area (Å²) in [4.78, 5) is 29.8. The Hall–Kier alpha value is -3.21. The van der Waals surface area contributed by atoms with Crippen molar-refractivity contribution in [3.8, 4) is 5.75 Å². The molecular formula is C31H38ClN3O5S2. The van der Waals surface area contributed by atoms with Gasteiger partial charge in [-0.3, -0.25) is 13.9 Å². The van der Waals surface area contributed by atoms with Crippen molar-refractivity contribution in [3.63, 3.8) is 0 Å². The van der Waals surface area contributed by atoms with Crippen molar-refractivity contribution in [3.05, 3.63) is 83.4 Å². The number of nitrogens with zero attached hydrogens (tertiary/aromatic N) is 2. The first-order chi connectivity index (χ1) is 20.0. The van der Waals surface area contributed by atoms with Crippen LogP contribution in [0, 0.1) is 0 Å². The molecule has 2 amide bonds. The normalized spacial score (nSPS) is 12.1. The average molecular weight is 632 g/mol. The van der Waals surface area contributed by atoms with E-state index in [-0.39, 0.29) is 29.1 Å². The summed E-state index contributed by atoms with van der Waals surface area (Å²) >= 11 is 7.94. The van der Waals surface area contributed by atoms with Gasteiger partial charge in [0.05, 0.1) is 17.2 Å². The van der Waals surface area contributed by atoms with Crippen molar-refractivity contribution in [2.24, 2.45) is 0 Å². The highest BCUT2D eigenvalue weighted by molar-refractivity contribution is 7.98. The lowest BCUT2D eigenvalue weighted by Gasteiger charge is -2.33. The third kappa shape index (κ3) is 8.42. The minimum atomic E-state index is -4.18. The summed E-state index contributed by atoms with van der Waals surface area (Å²) in [5.41, 5.74) is 0.935. The third-order valence-corrected chi connectivity index (χ3v) is 9.38. The summed E-state index contributed by atoms with van der Waals surface area (Å²) in [5, 5.41) is 3.33. The minimum Gasteiger partial charge on any atom is -0.494 e. The molecule has 0 heterocycles. The van der Waals surface area contributed by atoms with E-state index in [9.17, 15) is 18.0 Å². The van der Waals surface area contributed by atoms with Gasteiger partial charge in [0, 0.05) is 22.5 Å². The number of carbonyl (C=O) groups is 2. The molecule has 0 saturated carbocycles. The molecule has 8 nitrogen and oxygen atoms in total. The number of thioether (sulfide) groups is 1. The fourth-order valence-corrected chi connectivity index (χ4v) is 6.41. The SMILES string of the molecule is CCOc1ccc(N(CC(=O)N(Cc2ccccc2Cl)[C@H](CC)C(=O)NC(C)C)S(=O)(=O)c2ccc(SC)cc2)cc1. The number of carbonyl (C=O) groups excluding carboxylic acids is 2. The Morgan fingerprint density at radius 3 is 2.17 bits per heavy atom. The number of amides is 2. The standard InChI is InChI=1S/C31H38ClN3O5S2/c1-6-29(31(37)33-22(3)4)34(20-23-10-8-9-11-28(23)32)30(36)21-35(24-12-14-25(15-13-24)40-7-2)42(38,39)27-18-16-26(41-5)17-19-27/h8-19,22,29H,6-7,20-21H2,1-5H3,(H,33,37)/t29-/m1/s1. The second-order valence-electron chi connectivity index (χ2n) is 9.81. The zero-order valence-corrected chi connectivity index (χ0v) is 26.9. The molecule has 3 aromatic rings. The predicted octanol–water partition coefficient (Wildman–Crippen LogP) is 5.99. The number of hydrogen-bond acceptors (Lipinski definition) is 6. The van der Waals surface area contributed by atoms with Crippen LogP contribution in [0.15, 0.2) is 82.6 Å². The number of hydrogen-bond donors (Lipinski definition) is 1. The van der Waals surface area contributed by atoms with Gasteiger partial charge in [-0.2, -0.15) is 0 Å². The van der Waals surface area contributed by atoms with Crippen LogP contribution in [-0.2, 0) is 26.2 Å². The van der Waals surface area contributed by atoms with Gasteiger partial charge in [-0.15, -0.1) is 11.8 Å². The molecule has 226 valence electrons. The van der Waals surface area contributed by atoms with Crippen molar-refractivity contribution in [1.82, 2.24) is 10.2 Å². The predicted molar refractivity (Wildman–Crippen MR) is 170 cm³/mol. The van der Waals surface area contributed by atoms with Crippen LogP contribution in [0.5, 0.6) is 5.75 Å². The highest BCUT2D eigenvalue weighted by Gasteiger charge is 2.34. The minimum absolute atomic E-state index is 0.0299. The molecule has 0 aliphatic rings. The van der Waals surface area contributed by atoms with Gasteiger partial charge in [0.1, 0.15) is 18.3 Å². The lowest BCUT2D eigenvalue weighted by molar-refractivity contribution is -0.140. The fraction of sp³-hybridized carbons (Fsp3) is 0.355. The summed E-state index contributed by atoms with van der Waals surface area (Å²) in [6.45, 7) is 7.30. The Bertz CT molecular complexity index is 1450. The van der Waals surface area contributed by atoms with E-state index in [0.717, 1.165) is 9.20 Å². The highest BCUT2D eigenvalue weighted by Crippen LogP contribution is 2.28. The van der Waals surface area contributed by atoms with E-state index < -0.39 is 28.5 Å². The van der Waals surface area contributed by atoms with Crippen molar-refractivity contribution in [2.75, 3.05) is 23.7 Å². The van der Waals surface area contributed by atoms with Crippen LogP contribution in [0.25, 0.3) is 0 Å². The summed E-state index contributed by atoms with van der Waals surface area (Å²) in [6, 6.07) is 19.1. The Morgan fingerprint density at radius 1 is 0.976 bits per heavy atom. The first-order valence-corrected chi connectivity index (χ1v) is 16.8. The monoisotopic (exact) mass is 631 g/mol.